The van der Waals surface area contributed by atoms with E-state index in [1.165, 1.54) is 0 Å². The van der Waals surface area contributed by atoms with Crippen molar-refractivity contribution in [3.05, 3.63) is 65.5 Å². The zero-order chi connectivity index (χ0) is 19.9. The average Bonchev–Trinajstić information content (AvgIpc) is 3.17. The number of aryl methyl sites for hydroxylation is 1. The van der Waals surface area contributed by atoms with E-state index in [0.717, 1.165) is 11.3 Å². The Kier molecular flexibility index (Phi) is 6.01. The van der Waals surface area contributed by atoms with Crippen molar-refractivity contribution in [3.63, 3.8) is 0 Å². The molecule has 0 radical (unpaired) electrons. The average molecular weight is 381 g/mol. The SMILES string of the molecule is COc1ccc(CNC(=O)COC(=O)c2ccc(-c3nc(C)no3)cc2)cc1. The molecule has 8 heteroatoms. The number of ether oxygens (including phenoxy) is 2. The second kappa shape index (κ2) is 8.81. The third kappa shape index (κ3) is 4.94. The molecule has 144 valence electrons. The lowest BCUT2D eigenvalue weighted by Crippen LogP contribution is -2.28. The first-order valence-corrected chi connectivity index (χ1v) is 8.52. The van der Waals surface area contributed by atoms with Crippen LogP contribution in [-0.4, -0.2) is 35.7 Å². The quantitative estimate of drug-likeness (QED) is 0.627. The highest BCUT2D eigenvalue weighted by Gasteiger charge is 2.12. The molecule has 0 saturated carbocycles. The standard InChI is InChI=1S/C20H19N3O5/c1-13-22-19(28-23-13)15-5-7-16(8-6-15)20(25)27-12-18(24)21-11-14-3-9-17(26-2)10-4-14/h3-10H,11-12H2,1-2H3,(H,21,24). The molecule has 1 amide bonds. The first-order chi connectivity index (χ1) is 13.5. The Morgan fingerprint density at radius 3 is 2.39 bits per heavy atom. The number of rotatable bonds is 7. The Labute approximate surface area is 161 Å². The molecule has 0 unspecified atom stereocenters. The Hall–Kier alpha value is -3.68. The normalized spacial score (nSPS) is 10.4. The predicted molar refractivity (Wildman–Crippen MR) is 99.6 cm³/mol. The summed E-state index contributed by atoms with van der Waals surface area (Å²) in [5.74, 6) is 0.661. The van der Waals surface area contributed by atoms with Gasteiger partial charge in [-0.3, -0.25) is 4.79 Å². The summed E-state index contributed by atoms with van der Waals surface area (Å²) in [6, 6.07) is 13.8. The number of amides is 1. The van der Waals surface area contributed by atoms with Crippen LogP contribution in [-0.2, 0) is 16.1 Å². The van der Waals surface area contributed by atoms with Gasteiger partial charge in [0.2, 0.25) is 0 Å². The van der Waals surface area contributed by atoms with E-state index in [9.17, 15) is 9.59 Å². The fraction of sp³-hybridized carbons (Fsp3) is 0.200. The smallest absolute Gasteiger partial charge is 0.338 e. The summed E-state index contributed by atoms with van der Waals surface area (Å²) in [6.07, 6.45) is 0. The fourth-order valence-electron chi connectivity index (χ4n) is 2.37. The van der Waals surface area contributed by atoms with E-state index in [4.69, 9.17) is 14.0 Å². The van der Waals surface area contributed by atoms with Gasteiger partial charge < -0.3 is 19.3 Å². The van der Waals surface area contributed by atoms with Gasteiger partial charge in [-0.05, 0) is 48.9 Å². The van der Waals surface area contributed by atoms with Crippen molar-refractivity contribution in [2.45, 2.75) is 13.5 Å². The molecule has 1 N–H and O–H groups in total. The maximum atomic E-state index is 12.1. The fourth-order valence-corrected chi connectivity index (χ4v) is 2.37. The molecule has 0 spiro atoms. The second-order valence-electron chi connectivity index (χ2n) is 5.93. The van der Waals surface area contributed by atoms with E-state index in [2.05, 4.69) is 15.5 Å². The molecule has 0 bridgehead atoms. The number of benzene rings is 2. The molecule has 2 aromatic carbocycles. The predicted octanol–water partition coefficient (Wildman–Crippen LogP) is 2.53. The summed E-state index contributed by atoms with van der Waals surface area (Å²) in [5, 5.41) is 6.41. The molecule has 1 aromatic heterocycles. The lowest BCUT2D eigenvalue weighted by Gasteiger charge is -2.07. The first kappa shape index (κ1) is 19.1. The number of nitrogens with one attached hydrogen (secondary N) is 1. The number of aromatic nitrogens is 2. The van der Waals surface area contributed by atoms with E-state index < -0.39 is 5.97 Å². The van der Waals surface area contributed by atoms with E-state index in [1.54, 1.807) is 50.4 Å². The van der Waals surface area contributed by atoms with Gasteiger partial charge in [-0.1, -0.05) is 17.3 Å². The van der Waals surface area contributed by atoms with Crippen LogP contribution in [0.25, 0.3) is 11.5 Å². The van der Waals surface area contributed by atoms with E-state index in [-0.39, 0.29) is 12.5 Å². The molecule has 3 aromatic rings. The maximum Gasteiger partial charge on any atom is 0.338 e. The van der Waals surface area contributed by atoms with Gasteiger partial charge in [-0.15, -0.1) is 0 Å². The minimum Gasteiger partial charge on any atom is -0.497 e. The molecule has 28 heavy (non-hydrogen) atoms. The summed E-state index contributed by atoms with van der Waals surface area (Å²) in [7, 11) is 1.59. The highest BCUT2D eigenvalue weighted by molar-refractivity contribution is 5.91. The van der Waals surface area contributed by atoms with Gasteiger partial charge in [-0.2, -0.15) is 4.98 Å². The summed E-state index contributed by atoms with van der Waals surface area (Å²) in [5.41, 5.74) is 1.92. The van der Waals surface area contributed by atoms with Crippen LogP contribution in [0.1, 0.15) is 21.7 Å². The number of hydrogen-bond acceptors (Lipinski definition) is 7. The van der Waals surface area contributed by atoms with Crippen LogP contribution < -0.4 is 10.1 Å². The van der Waals surface area contributed by atoms with Gasteiger partial charge in [0.1, 0.15) is 5.75 Å². The van der Waals surface area contributed by atoms with E-state index >= 15 is 0 Å². The maximum absolute atomic E-state index is 12.1. The molecular formula is C20H19N3O5. The third-order valence-electron chi connectivity index (χ3n) is 3.88. The lowest BCUT2D eigenvalue weighted by atomic mass is 10.1. The van der Waals surface area contributed by atoms with Gasteiger partial charge in [0.15, 0.2) is 12.4 Å². The molecule has 0 aliphatic carbocycles. The third-order valence-corrected chi connectivity index (χ3v) is 3.88. The summed E-state index contributed by atoms with van der Waals surface area (Å²) < 4.78 is 15.2. The molecular weight excluding hydrogens is 362 g/mol. The van der Waals surface area contributed by atoms with Crippen molar-refractivity contribution in [3.8, 4) is 17.2 Å². The molecule has 8 nitrogen and oxygen atoms in total. The number of carbonyl (C=O) groups is 2. The van der Waals surface area contributed by atoms with Crippen molar-refractivity contribution >= 4 is 11.9 Å². The highest BCUT2D eigenvalue weighted by atomic mass is 16.5. The summed E-state index contributed by atoms with van der Waals surface area (Å²) >= 11 is 0. The monoisotopic (exact) mass is 381 g/mol. The topological polar surface area (TPSA) is 104 Å². The van der Waals surface area contributed by atoms with Crippen molar-refractivity contribution < 1.29 is 23.6 Å². The molecule has 0 atom stereocenters. The van der Waals surface area contributed by atoms with Crippen molar-refractivity contribution in [1.82, 2.24) is 15.5 Å². The Bertz CT molecular complexity index is 949. The van der Waals surface area contributed by atoms with Crippen LogP contribution in [0, 0.1) is 6.92 Å². The van der Waals surface area contributed by atoms with Crippen molar-refractivity contribution in [1.29, 1.82) is 0 Å². The van der Waals surface area contributed by atoms with Crippen LogP contribution in [0.3, 0.4) is 0 Å². The van der Waals surface area contributed by atoms with Gasteiger partial charge >= 0.3 is 5.97 Å². The van der Waals surface area contributed by atoms with Crippen LogP contribution in [0.2, 0.25) is 0 Å². The van der Waals surface area contributed by atoms with Gasteiger partial charge in [0, 0.05) is 12.1 Å². The zero-order valence-corrected chi connectivity index (χ0v) is 15.5. The van der Waals surface area contributed by atoms with Crippen molar-refractivity contribution in [2.24, 2.45) is 0 Å². The van der Waals surface area contributed by atoms with Gasteiger partial charge in [-0.25, -0.2) is 4.79 Å². The minimum atomic E-state index is -0.590. The van der Waals surface area contributed by atoms with Crippen LogP contribution >= 0.6 is 0 Å². The molecule has 0 fully saturated rings. The van der Waals surface area contributed by atoms with E-state index in [1.807, 2.05) is 12.1 Å². The number of carbonyl (C=O) groups excluding carboxylic acids is 2. The summed E-state index contributed by atoms with van der Waals surface area (Å²) in [4.78, 5) is 28.1. The molecule has 0 saturated heterocycles. The van der Waals surface area contributed by atoms with Crippen LogP contribution in [0.5, 0.6) is 5.75 Å². The zero-order valence-electron chi connectivity index (χ0n) is 15.5. The Balaban J connectivity index is 1.47. The molecule has 3 rings (SSSR count). The van der Waals surface area contributed by atoms with Crippen LogP contribution in [0.4, 0.5) is 0 Å². The number of methoxy groups -OCH3 is 1. The number of hydrogen-bond donors (Lipinski definition) is 1. The Morgan fingerprint density at radius 2 is 1.79 bits per heavy atom. The van der Waals surface area contributed by atoms with E-state index in [0.29, 0.717) is 29.4 Å². The molecule has 0 aliphatic heterocycles. The van der Waals surface area contributed by atoms with Gasteiger partial charge in [0.05, 0.1) is 12.7 Å². The first-order valence-electron chi connectivity index (χ1n) is 8.52. The summed E-state index contributed by atoms with van der Waals surface area (Å²) in [6.45, 7) is 1.69. The highest BCUT2D eigenvalue weighted by Crippen LogP contribution is 2.18. The molecule has 0 aliphatic rings. The second-order valence-corrected chi connectivity index (χ2v) is 5.93. The van der Waals surface area contributed by atoms with Crippen molar-refractivity contribution in [2.75, 3.05) is 13.7 Å². The van der Waals surface area contributed by atoms with Crippen LogP contribution in [0.15, 0.2) is 53.1 Å². The lowest BCUT2D eigenvalue weighted by molar-refractivity contribution is -0.124. The van der Waals surface area contributed by atoms with Gasteiger partial charge in [0.25, 0.3) is 11.8 Å². The largest absolute Gasteiger partial charge is 0.497 e. The number of esters is 1. The number of nitrogens with zero attached hydrogens (tertiary/aromatic N) is 2. The Morgan fingerprint density at radius 1 is 1.07 bits per heavy atom. The minimum absolute atomic E-state index is 0.322. The molecule has 1 heterocycles.